The van der Waals surface area contributed by atoms with Crippen LogP contribution in [0.25, 0.3) is 10.9 Å². The van der Waals surface area contributed by atoms with Crippen LogP contribution in [0.5, 0.6) is 17.4 Å². The third-order valence-corrected chi connectivity index (χ3v) is 8.66. The summed E-state index contributed by atoms with van der Waals surface area (Å²) in [6, 6.07) is 27.1. The molecule has 6 heteroatoms. The summed E-state index contributed by atoms with van der Waals surface area (Å²) in [4.78, 5) is 9.98. The summed E-state index contributed by atoms with van der Waals surface area (Å²) >= 11 is 1.85. The van der Waals surface area contributed by atoms with Crippen LogP contribution in [0.3, 0.4) is 0 Å². The Morgan fingerprint density at radius 1 is 0.972 bits per heavy atom. The van der Waals surface area contributed by atoms with Gasteiger partial charge in [0.05, 0.1) is 5.54 Å². The number of aromatic nitrogens is 1. The number of ether oxygens (including phenoxy) is 1. The Labute approximate surface area is 230 Å². The van der Waals surface area contributed by atoms with Gasteiger partial charge in [-0.2, -0.15) is 0 Å². The number of fused-ring (bicyclic) bond motifs is 4. The second-order valence-corrected chi connectivity index (χ2v) is 12.1. The van der Waals surface area contributed by atoms with Crippen molar-refractivity contribution in [2.75, 3.05) is 0 Å². The van der Waals surface area contributed by atoms with E-state index in [0.717, 1.165) is 22.4 Å². The molecule has 1 N–H and O–H groups in total. The van der Waals surface area contributed by atoms with E-state index in [2.05, 4.69) is 63.0 Å². The van der Waals surface area contributed by atoms with Gasteiger partial charge in [0.1, 0.15) is 11.3 Å². The van der Waals surface area contributed by atoms with E-state index in [1.165, 1.54) is 11.1 Å². The minimum atomic E-state index is -0.321. The second-order valence-electron chi connectivity index (χ2n) is 10.6. The van der Waals surface area contributed by atoms with Gasteiger partial charge in [0.15, 0.2) is 0 Å². The van der Waals surface area contributed by atoms with E-state index in [-0.39, 0.29) is 42.5 Å². The van der Waals surface area contributed by atoms with Gasteiger partial charge in [-0.3, -0.25) is 0 Å². The van der Waals surface area contributed by atoms with Gasteiger partial charge in [-0.05, 0) is 42.0 Å². The largest absolute Gasteiger partial charge is 0.506 e. The molecule has 0 amide bonds. The van der Waals surface area contributed by atoms with Gasteiger partial charge in [-0.15, -0.1) is 35.5 Å². The molecule has 36 heavy (non-hydrogen) atoms. The van der Waals surface area contributed by atoms with Gasteiger partial charge in [-0.1, -0.05) is 63.2 Å². The standard InChI is InChI=1S/C30H27N2O2S.Pt/c1-28(2,3)30-23-13-6-5-9-21(23)18-29(30,4)35-27(32-30)20-11-7-12-22(17-20)34-25-16-15-19-10-8-14-24(33)26(19)31-25;/h5-16,33H,18H2,1-4H3;/q-1;/t29-,30-;/m1./s1. The molecule has 0 saturated carbocycles. The van der Waals surface area contributed by atoms with Crippen LogP contribution < -0.4 is 4.74 Å². The van der Waals surface area contributed by atoms with Crippen molar-refractivity contribution in [2.24, 2.45) is 10.4 Å². The number of aromatic hydroxyl groups is 1. The number of benzene rings is 3. The first-order valence-corrected chi connectivity index (χ1v) is 12.7. The molecule has 1 aromatic heterocycles. The fourth-order valence-corrected chi connectivity index (χ4v) is 7.55. The predicted octanol–water partition coefficient (Wildman–Crippen LogP) is 7.28. The average molecular weight is 675 g/mol. The molecule has 2 atom stereocenters. The van der Waals surface area contributed by atoms with Crippen molar-refractivity contribution in [2.45, 2.75) is 44.4 Å². The van der Waals surface area contributed by atoms with Crippen LogP contribution in [0.2, 0.25) is 0 Å². The van der Waals surface area contributed by atoms with Gasteiger partial charge < -0.3 is 14.8 Å². The van der Waals surface area contributed by atoms with Crippen molar-refractivity contribution >= 4 is 27.7 Å². The molecule has 0 unspecified atom stereocenters. The van der Waals surface area contributed by atoms with Crippen molar-refractivity contribution in [3.63, 3.8) is 0 Å². The first-order valence-electron chi connectivity index (χ1n) is 11.9. The summed E-state index contributed by atoms with van der Waals surface area (Å²) in [7, 11) is 0. The molecule has 4 aromatic rings. The molecule has 2 heterocycles. The number of rotatable bonds is 3. The number of thioether (sulfide) groups is 1. The maximum Gasteiger partial charge on any atom is 0.217 e. The van der Waals surface area contributed by atoms with Crippen molar-refractivity contribution < 1.29 is 30.9 Å². The predicted molar refractivity (Wildman–Crippen MR) is 143 cm³/mol. The maximum atomic E-state index is 10.2. The number of phenols is 1. The van der Waals surface area contributed by atoms with E-state index in [0.29, 0.717) is 17.1 Å². The molecule has 4 nitrogen and oxygen atoms in total. The first-order chi connectivity index (χ1) is 16.7. The van der Waals surface area contributed by atoms with Crippen molar-refractivity contribution in [3.8, 4) is 17.4 Å². The Morgan fingerprint density at radius 3 is 2.56 bits per heavy atom. The van der Waals surface area contributed by atoms with Crippen LogP contribution in [0.15, 0.2) is 77.8 Å². The van der Waals surface area contributed by atoms with Crippen LogP contribution >= 0.6 is 11.8 Å². The Morgan fingerprint density at radius 2 is 1.75 bits per heavy atom. The molecule has 2 aliphatic rings. The molecule has 0 bridgehead atoms. The summed E-state index contributed by atoms with van der Waals surface area (Å²) in [5, 5.41) is 12.0. The summed E-state index contributed by atoms with van der Waals surface area (Å²) in [5.41, 5.74) is 3.79. The third-order valence-electron chi connectivity index (χ3n) is 7.26. The summed E-state index contributed by atoms with van der Waals surface area (Å²) in [6.07, 6.45) is 0.985. The maximum absolute atomic E-state index is 10.2. The summed E-state index contributed by atoms with van der Waals surface area (Å²) in [6.45, 7) is 9.24. The van der Waals surface area contributed by atoms with E-state index in [4.69, 9.17) is 9.73 Å². The molecule has 0 radical (unpaired) electrons. The number of nitrogens with zero attached hydrogens (tertiary/aromatic N) is 2. The van der Waals surface area contributed by atoms with E-state index >= 15 is 0 Å². The second kappa shape index (κ2) is 8.74. The van der Waals surface area contributed by atoms with E-state index in [1.54, 1.807) is 18.2 Å². The van der Waals surface area contributed by atoms with Gasteiger partial charge in [0, 0.05) is 48.1 Å². The molecular formula is C30H27N2O2PtS-. The zero-order valence-electron chi connectivity index (χ0n) is 20.6. The van der Waals surface area contributed by atoms with E-state index < -0.39 is 0 Å². The SMILES string of the molecule is CC(C)(C)[C@@]12N=C(c3[c-]c(Oc4ccc5cccc(O)c5n4)ccc3)S[C@]1(C)Cc1ccccc12.[Pt]. The smallest absolute Gasteiger partial charge is 0.217 e. The Hall–Kier alpha value is -2.62. The third kappa shape index (κ3) is 3.71. The van der Waals surface area contributed by atoms with Crippen LogP contribution in [-0.4, -0.2) is 19.9 Å². The molecule has 0 spiro atoms. The van der Waals surface area contributed by atoms with Crippen molar-refractivity contribution in [1.29, 1.82) is 0 Å². The zero-order chi connectivity index (χ0) is 24.4. The topological polar surface area (TPSA) is 54.7 Å². The Kier molecular flexibility index (Phi) is 6.08. The van der Waals surface area contributed by atoms with Gasteiger partial charge in [-0.25, -0.2) is 4.98 Å². The monoisotopic (exact) mass is 674 g/mol. The normalized spacial score (nSPS) is 22.5. The van der Waals surface area contributed by atoms with Gasteiger partial charge >= 0.3 is 0 Å². The number of para-hydroxylation sites is 1. The number of pyridine rings is 1. The minimum absolute atomic E-state index is 0. The minimum Gasteiger partial charge on any atom is -0.506 e. The summed E-state index contributed by atoms with van der Waals surface area (Å²) < 4.78 is 5.99. The number of hydrogen-bond acceptors (Lipinski definition) is 5. The quantitative estimate of drug-likeness (QED) is 0.232. The van der Waals surface area contributed by atoms with E-state index in [9.17, 15) is 5.11 Å². The Bertz CT molecular complexity index is 1510. The fraction of sp³-hybridized carbons (Fsp3) is 0.267. The van der Waals surface area contributed by atoms with Crippen LogP contribution in [0.1, 0.15) is 44.4 Å². The number of phenolic OH excluding ortho intramolecular Hbond substituents is 1. The molecule has 3 aromatic carbocycles. The molecule has 6 rings (SSSR count). The summed E-state index contributed by atoms with van der Waals surface area (Å²) in [5.74, 6) is 1.12. The fourth-order valence-electron chi connectivity index (χ4n) is 5.88. The molecule has 0 fully saturated rings. The van der Waals surface area contributed by atoms with Crippen molar-refractivity contribution in [3.05, 3.63) is 95.6 Å². The molecule has 1 aliphatic heterocycles. The number of hydrogen-bond donors (Lipinski definition) is 1. The van der Waals surface area contributed by atoms with Crippen LogP contribution in [0.4, 0.5) is 0 Å². The van der Waals surface area contributed by atoms with Crippen LogP contribution in [-0.2, 0) is 33.0 Å². The molecule has 1 aliphatic carbocycles. The van der Waals surface area contributed by atoms with Crippen LogP contribution in [0, 0.1) is 11.5 Å². The molecular weight excluding hydrogens is 647 g/mol. The van der Waals surface area contributed by atoms with Crippen molar-refractivity contribution in [1.82, 2.24) is 4.98 Å². The van der Waals surface area contributed by atoms with Gasteiger partial charge in [0.2, 0.25) is 5.88 Å². The van der Waals surface area contributed by atoms with Gasteiger partial charge in [0.25, 0.3) is 0 Å². The number of aliphatic imine (C=N–C) groups is 1. The molecule has 0 saturated heterocycles. The first kappa shape index (κ1) is 25.0. The average Bonchev–Trinajstić information content (AvgIpc) is 3.27. The Balaban J connectivity index is 0.00000267. The molecule has 186 valence electrons. The zero-order valence-corrected chi connectivity index (χ0v) is 23.7. The van der Waals surface area contributed by atoms with E-state index in [1.807, 2.05) is 42.1 Å².